The summed E-state index contributed by atoms with van der Waals surface area (Å²) in [6.45, 7) is 6.91. The minimum atomic E-state index is 0.346. The van der Waals surface area contributed by atoms with Gasteiger partial charge in [0.2, 0.25) is 5.95 Å². The van der Waals surface area contributed by atoms with E-state index in [-0.39, 0.29) is 0 Å². The van der Waals surface area contributed by atoms with E-state index in [2.05, 4.69) is 20.0 Å². The third-order valence-corrected chi connectivity index (χ3v) is 6.01. The van der Waals surface area contributed by atoms with Gasteiger partial charge in [0.05, 0.1) is 23.5 Å². The first-order chi connectivity index (χ1) is 13.5. The van der Waals surface area contributed by atoms with Gasteiger partial charge < -0.3 is 9.42 Å². The number of likely N-dealkylation sites (tertiary alicyclic amines) is 1. The Balaban J connectivity index is 1.69. The van der Waals surface area contributed by atoms with Gasteiger partial charge in [0.1, 0.15) is 10.8 Å². The van der Waals surface area contributed by atoms with Crippen LogP contribution in [0.3, 0.4) is 0 Å². The van der Waals surface area contributed by atoms with Crippen molar-refractivity contribution in [2.75, 3.05) is 32.1 Å². The molecule has 4 heterocycles. The molecule has 8 heteroatoms. The summed E-state index contributed by atoms with van der Waals surface area (Å²) in [7, 11) is 3.95. The Morgan fingerprint density at radius 3 is 2.82 bits per heavy atom. The molecule has 0 saturated carbocycles. The van der Waals surface area contributed by atoms with Crippen molar-refractivity contribution in [3.05, 3.63) is 39.9 Å². The average Bonchev–Trinajstić information content (AvgIpc) is 3.31. The number of piperidine rings is 1. The Morgan fingerprint density at radius 1 is 1.29 bits per heavy atom. The van der Waals surface area contributed by atoms with E-state index in [0.29, 0.717) is 5.92 Å². The maximum atomic E-state index is 5.43. The highest BCUT2D eigenvalue weighted by molar-refractivity contribution is 7.09. The normalized spacial score (nSPS) is 17.8. The van der Waals surface area contributed by atoms with Crippen LogP contribution in [-0.4, -0.2) is 52.2 Å². The van der Waals surface area contributed by atoms with Crippen LogP contribution < -0.4 is 4.90 Å². The lowest BCUT2D eigenvalue weighted by molar-refractivity contribution is 0.198. The topological polar surface area (TPSA) is 71.2 Å². The lowest BCUT2D eigenvalue weighted by Gasteiger charge is -2.33. The second kappa shape index (κ2) is 7.97. The summed E-state index contributed by atoms with van der Waals surface area (Å²) in [6, 6.07) is 0. The fourth-order valence-electron chi connectivity index (χ4n) is 3.92. The summed E-state index contributed by atoms with van der Waals surface area (Å²) in [6.07, 6.45) is 6.09. The number of hydrogen-bond acceptors (Lipinski definition) is 8. The van der Waals surface area contributed by atoms with Crippen LogP contribution in [-0.2, 0) is 6.54 Å². The quantitative estimate of drug-likeness (QED) is 0.649. The molecule has 0 N–H and O–H groups in total. The zero-order valence-electron chi connectivity index (χ0n) is 16.8. The van der Waals surface area contributed by atoms with E-state index < -0.39 is 0 Å². The number of hydrogen-bond donors (Lipinski definition) is 0. The van der Waals surface area contributed by atoms with Crippen LogP contribution in [0.4, 0.5) is 5.95 Å². The van der Waals surface area contributed by atoms with Gasteiger partial charge in [0, 0.05) is 49.9 Å². The van der Waals surface area contributed by atoms with Crippen molar-refractivity contribution >= 4 is 17.3 Å². The summed E-state index contributed by atoms with van der Waals surface area (Å²) >= 11 is 1.72. The first kappa shape index (κ1) is 19.0. The molecule has 1 saturated heterocycles. The Bertz CT molecular complexity index is 917. The van der Waals surface area contributed by atoms with E-state index in [1.165, 1.54) is 5.01 Å². The van der Waals surface area contributed by atoms with Crippen LogP contribution in [0.5, 0.6) is 0 Å². The molecule has 0 amide bonds. The molecule has 148 valence electrons. The molecule has 0 radical (unpaired) electrons. The zero-order chi connectivity index (χ0) is 19.7. The molecular formula is C20H26N6OS. The Labute approximate surface area is 169 Å². The fraction of sp³-hybridized carbons (Fsp3) is 0.500. The molecule has 1 atom stereocenters. The molecule has 1 aliphatic rings. The third kappa shape index (κ3) is 3.79. The van der Waals surface area contributed by atoms with Gasteiger partial charge in [-0.2, -0.15) is 0 Å². The molecule has 1 unspecified atom stereocenters. The van der Waals surface area contributed by atoms with Crippen molar-refractivity contribution < 1.29 is 4.52 Å². The summed E-state index contributed by atoms with van der Waals surface area (Å²) in [4.78, 5) is 18.4. The van der Waals surface area contributed by atoms with Crippen LogP contribution in [0.15, 0.2) is 22.3 Å². The summed E-state index contributed by atoms with van der Waals surface area (Å²) in [5.41, 5.74) is 4.05. The molecule has 4 rings (SSSR count). The summed E-state index contributed by atoms with van der Waals surface area (Å²) in [5, 5.41) is 7.35. The van der Waals surface area contributed by atoms with E-state index in [0.717, 1.165) is 66.7 Å². The second-order valence-electron chi connectivity index (χ2n) is 7.56. The Hall–Kier alpha value is -2.32. The number of anilines is 1. The molecule has 0 bridgehead atoms. The highest BCUT2D eigenvalue weighted by atomic mass is 32.1. The highest BCUT2D eigenvalue weighted by Crippen LogP contribution is 2.36. The Morgan fingerprint density at radius 2 is 2.14 bits per heavy atom. The second-order valence-corrected chi connectivity index (χ2v) is 8.54. The highest BCUT2D eigenvalue weighted by Gasteiger charge is 2.28. The minimum absolute atomic E-state index is 0.346. The molecule has 7 nitrogen and oxygen atoms in total. The zero-order valence-corrected chi connectivity index (χ0v) is 17.7. The number of aryl methyl sites for hydroxylation is 2. The molecule has 3 aromatic rings. The van der Waals surface area contributed by atoms with Crippen LogP contribution in [0.2, 0.25) is 0 Å². The number of aromatic nitrogens is 4. The molecule has 0 spiro atoms. The number of rotatable bonds is 5. The van der Waals surface area contributed by atoms with Gasteiger partial charge in [0.15, 0.2) is 0 Å². The van der Waals surface area contributed by atoms with Crippen molar-refractivity contribution in [3.8, 4) is 11.1 Å². The van der Waals surface area contributed by atoms with E-state index in [1.54, 1.807) is 11.3 Å². The summed E-state index contributed by atoms with van der Waals surface area (Å²) < 4.78 is 5.43. The minimum Gasteiger partial charge on any atom is -0.361 e. The molecular weight excluding hydrogens is 372 g/mol. The van der Waals surface area contributed by atoms with Crippen molar-refractivity contribution in [1.82, 2.24) is 25.0 Å². The van der Waals surface area contributed by atoms with Crippen LogP contribution >= 0.6 is 11.3 Å². The lowest BCUT2D eigenvalue weighted by Crippen LogP contribution is -2.34. The van der Waals surface area contributed by atoms with E-state index in [9.17, 15) is 0 Å². The van der Waals surface area contributed by atoms with E-state index >= 15 is 0 Å². The number of thiazole rings is 1. The molecule has 1 aliphatic heterocycles. The number of nitrogens with zero attached hydrogens (tertiary/aromatic N) is 6. The molecule has 28 heavy (non-hydrogen) atoms. The third-order valence-electron chi connectivity index (χ3n) is 5.24. The van der Waals surface area contributed by atoms with Gasteiger partial charge in [-0.25, -0.2) is 15.0 Å². The van der Waals surface area contributed by atoms with Crippen LogP contribution in [0.25, 0.3) is 11.1 Å². The van der Waals surface area contributed by atoms with Gasteiger partial charge in [-0.3, -0.25) is 4.90 Å². The predicted molar refractivity (Wildman–Crippen MR) is 111 cm³/mol. The summed E-state index contributed by atoms with van der Waals surface area (Å²) in [5.74, 6) is 1.90. The smallest absolute Gasteiger partial charge is 0.225 e. The van der Waals surface area contributed by atoms with E-state index in [4.69, 9.17) is 9.51 Å². The monoisotopic (exact) mass is 398 g/mol. The fourth-order valence-corrected chi connectivity index (χ4v) is 4.57. The maximum absolute atomic E-state index is 5.43. The lowest BCUT2D eigenvalue weighted by atomic mass is 9.89. The maximum Gasteiger partial charge on any atom is 0.225 e. The van der Waals surface area contributed by atoms with Crippen molar-refractivity contribution in [2.24, 2.45) is 0 Å². The first-order valence-electron chi connectivity index (χ1n) is 9.61. The van der Waals surface area contributed by atoms with Gasteiger partial charge in [-0.15, -0.1) is 11.3 Å². The standard InChI is InChI=1S/C20H26N6OS/c1-13-18(14(2)27-24-13)16-10-22-20(25(3)4)23-19(16)15-6-5-8-26(11-15)12-17-21-7-9-28-17/h7,9-10,15H,5-6,8,11-12H2,1-4H3. The Kier molecular flexibility index (Phi) is 5.41. The largest absolute Gasteiger partial charge is 0.361 e. The van der Waals surface area contributed by atoms with Crippen molar-refractivity contribution in [2.45, 2.75) is 39.2 Å². The van der Waals surface area contributed by atoms with Crippen molar-refractivity contribution in [1.29, 1.82) is 0 Å². The molecule has 3 aromatic heterocycles. The van der Waals surface area contributed by atoms with E-state index in [1.807, 2.05) is 50.6 Å². The SMILES string of the molecule is Cc1noc(C)c1-c1cnc(N(C)C)nc1C1CCCN(Cc2nccs2)C1. The van der Waals surface area contributed by atoms with Gasteiger partial charge in [0.25, 0.3) is 0 Å². The molecule has 0 aromatic carbocycles. The van der Waals surface area contributed by atoms with Gasteiger partial charge in [-0.05, 0) is 33.2 Å². The molecule has 0 aliphatic carbocycles. The predicted octanol–water partition coefficient (Wildman–Crippen LogP) is 3.65. The van der Waals surface area contributed by atoms with Gasteiger partial charge >= 0.3 is 0 Å². The first-order valence-corrected chi connectivity index (χ1v) is 10.5. The van der Waals surface area contributed by atoms with Crippen LogP contribution in [0, 0.1) is 13.8 Å². The van der Waals surface area contributed by atoms with Gasteiger partial charge in [-0.1, -0.05) is 5.16 Å². The van der Waals surface area contributed by atoms with Crippen LogP contribution in [0.1, 0.15) is 40.9 Å². The van der Waals surface area contributed by atoms with Crippen molar-refractivity contribution in [3.63, 3.8) is 0 Å². The average molecular weight is 399 g/mol. The molecule has 1 fully saturated rings.